The van der Waals surface area contributed by atoms with Crippen LogP contribution in [0.1, 0.15) is 0 Å². The topological polar surface area (TPSA) is 39.2 Å². The van der Waals surface area contributed by atoms with Crippen LogP contribution in [0.15, 0.2) is 36.7 Å². The van der Waals surface area contributed by atoms with Crippen molar-refractivity contribution in [3.05, 3.63) is 36.7 Å². The predicted molar refractivity (Wildman–Crippen MR) is 53.3 cm³/mol. The third-order valence-electron chi connectivity index (χ3n) is 1.95. The van der Waals surface area contributed by atoms with Crippen molar-refractivity contribution >= 4 is 17.1 Å². The molecule has 0 aliphatic carbocycles. The molecule has 0 aliphatic rings. The number of pyridine rings is 1. The molecule has 2 aromatic rings. The summed E-state index contributed by atoms with van der Waals surface area (Å²) >= 11 is 0. The zero-order valence-corrected chi connectivity index (χ0v) is 7.51. The van der Waals surface area contributed by atoms with Gasteiger partial charge in [-0.05, 0) is 12.1 Å². The maximum atomic E-state index is 10.2. The van der Waals surface area contributed by atoms with E-state index in [1.165, 1.54) is 0 Å². The number of aromatic nitrogens is 1. The van der Waals surface area contributed by atoms with Gasteiger partial charge in [0.05, 0.1) is 0 Å². The van der Waals surface area contributed by atoms with Crippen LogP contribution in [-0.2, 0) is 4.79 Å². The Balaban J connectivity index is 2.48. The molecule has 0 N–H and O–H groups in total. The van der Waals surface area contributed by atoms with Gasteiger partial charge in [0.15, 0.2) is 6.29 Å². The van der Waals surface area contributed by atoms with E-state index in [1.54, 1.807) is 12.4 Å². The van der Waals surface area contributed by atoms with E-state index < -0.39 is 0 Å². The van der Waals surface area contributed by atoms with Crippen LogP contribution in [0.25, 0.3) is 10.8 Å². The molecule has 0 radical (unpaired) electrons. The highest BCUT2D eigenvalue weighted by Gasteiger charge is 1.99. The molecule has 1 heterocycles. The molecule has 0 atom stereocenters. The molecule has 14 heavy (non-hydrogen) atoms. The van der Waals surface area contributed by atoms with E-state index in [0.29, 0.717) is 0 Å². The van der Waals surface area contributed by atoms with Crippen LogP contribution in [0.3, 0.4) is 0 Å². The number of hydrogen-bond acceptors (Lipinski definition) is 3. The third-order valence-corrected chi connectivity index (χ3v) is 1.95. The van der Waals surface area contributed by atoms with Crippen LogP contribution >= 0.6 is 0 Å². The van der Waals surface area contributed by atoms with Gasteiger partial charge in [0.2, 0.25) is 0 Å². The van der Waals surface area contributed by atoms with Gasteiger partial charge >= 0.3 is 0 Å². The van der Waals surface area contributed by atoms with Crippen molar-refractivity contribution in [1.29, 1.82) is 0 Å². The number of nitrogens with zero attached hydrogens (tertiary/aromatic N) is 1. The molecular weight excluding hydrogens is 178 g/mol. The molecule has 0 aliphatic heterocycles. The molecule has 0 amide bonds. The lowest BCUT2D eigenvalue weighted by Crippen LogP contribution is -1.97. The molecule has 0 saturated carbocycles. The smallest absolute Gasteiger partial charge is 0.157 e. The minimum atomic E-state index is 0.0848. The second-order valence-corrected chi connectivity index (χ2v) is 2.83. The fourth-order valence-electron chi connectivity index (χ4n) is 1.34. The number of rotatable bonds is 3. The number of carbonyl (C=O) groups excluding carboxylic acids is 1. The molecule has 0 fully saturated rings. The maximum Gasteiger partial charge on any atom is 0.157 e. The molecule has 0 spiro atoms. The lowest BCUT2D eigenvalue weighted by atomic mass is 10.1. The van der Waals surface area contributed by atoms with Crippen LogP contribution in [0.2, 0.25) is 0 Å². The quantitative estimate of drug-likeness (QED) is 0.688. The summed E-state index contributed by atoms with van der Waals surface area (Å²) in [6.07, 6.45) is 4.21. The number of carbonyl (C=O) groups is 1. The molecule has 70 valence electrons. The summed E-state index contributed by atoms with van der Waals surface area (Å²) in [5.74, 6) is 0.719. The number of aldehydes is 1. The predicted octanol–water partition coefficient (Wildman–Crippen LogP) is 1.81. The lowest BCUT2D eigenvalue weighted by Gasteiger charge is -2.05. The van der Waals surface area contributed by atoms with Gasteiger partial charge in [-0.15, -0.1) is 0 Å². The van der Waals surface area contributed by atoms with E-state index in [1.807, 2.05) is 24.3 Å². The summed E-state index contributed by atoms with van der Waals surface area (Å²) in [6, 6.07) is 7.54. The summed E-state index contributed by atoms with van der Waals surface area (Å²) in [5.41, 5.74) is 0. The van der Waals surface area contributed by atoms with Gasteiger partial charge < -0.3 is 4.74 Å². The Bertz CT molecular complexity index is 448. The zero-order valence-electron chi connectivity index (χ0n) is 7.51. The van der Waals surface area contributed by atoms with Gasteiger partial charge in [-0.1, -0.05) is 12.1 Å². The van der Waals surface area contributed by atoms with Crippen molar-refractivity contribution < 1.29 is 9.53 Å². The molecule has 0 unspecified atom stereocenters. The third kappa shape index (κ3) is 1.57. The van der Waals surface area contributed by atoms with E-state index in [0.717, 1.165) is 22.8 Å². The van der Waals surface area contributed by atoms with Crippen LogP contribution < -0.4 is 4.74 Å². The Hall–Kier alpha value is -1.90. The van der Waals surface area contributed by atoms with Gasteiger partial charge in [-0.2, -0.15) is 0 Å². The fourth-order valence-corrected chi connectivity index (χ4v) is 1.34. The average Bonchev–Trinajstić information content (AvgIpc) is 2.26. The Labute approximate surface area is 81.3 Å². The Morgan fingerprint density at radius 3 is 3.14 bits per heavy atom. The molecule has 0 bridgehead atoms. The first-order chi connectivity index (χ1) is 6.92. The minimum Gasteiger partial charge on any atom is -0.485 e. The van der Waals surface area contributed by atoms with Crippen LogP contribution in [0.5, 0.6) is 5.75 Å². The van der Waals surface area contributed by atoms with E-state index in [9.17, 15) is 4.79 Å². The largest absolute Gasteiger partial charge is 0.485 e. The van der Waals surface area contributed by atoms with Crippen molar-refractivity contribution in [3.63, 3.8) is 0 Å². The summed E-state index contributed by atoms with van der Waals surface area (Å²) < 4.78 is 5.27. The molecule has 3 heteroatoms. The van der Waals surface area contributed by atoms with Gasteiger partial charge in [0, 0.05) is 23.2 Å². The zero-order chi connectivity index (χ0) is 9.80. The van der Waals surface area contributed by atoms with Crippen molar-refractivity contribution in [1.82, 2.24) is 4.98 Å². The van der Waals surface area contributed by atoms with Crippen molar-refractivity contribution in [3.8, 4) is 5.75 Å². The number of fused-ring (bicyclic) bond motifs is 1. The highest BCUT2D eigenvalue weighted by molar-refractivity contribution is 5.87. The monoisotopic (exact) mass is 187 g/mol. The van der Waals surface area contributed by atoms with E-state index in [2.05, 4.69) is 4.98 Å². The summed E-state index contributed by atoms with van der Waals surface area (Å²) in [5, 5.41) is 1.99. The SMILES string of the molecule is O=CCOc1cccc2cnccc12. The van der Waals surface area contributed by atoms with Crippen molar-refractivity contribution in [2.24, 2.45) is 0 Å². The Morgan fingerprint density at radius 2 is 2.29 bits per heavy atom. The molecular formula is C11H9NO2. The molecule has 0 saturated heterocycles. The van der Waals surface area contributed by atoms with Gasteiger partial charge in [-0.25, -0.2) is 0 Å². The van der Waals surface area contributed by atoms with E-state index >= 15 is 0 Å². The van der Waals surface area contributed by atoms with Crippen LogP contribution in [0.4, 0.5) is 0 Å². The Kier molecular flexibility index (Phi) is 2.40. The average molecular weight is 187 g/mol. The first-order valence-corrected chi connectivity index (χ1v) is 4.31. The second-order valence-electron chi connectivity index (χ2n) is 2.83. The van der Waals surface area contributed by atoms with E-state index in [4.69, 9.17) is 4.74 Å². The van der Waals surface area contributed by atoms with Crippen LogP contribution in [-0.4, -0.2) is 17.9 Å². The van der Waals surface area contributed by atoms with Gasteiger partial charge in [-0.3, -0.25) is 9.78 Å². The number of benzene rings is 1. The number of ether oxygens (including phenoxy) is 1. The Morgan fingerprint density at radius 1 is 1.36 bits per heavy atom. The minimum absolute atomic E-state index is 0.0848. The molecule has 1 aromatic carbocycles. The summed E-state index contributed by atoms with van der Waals surface area (Å²) in [4.78, 5) is 14.2. The number of hydrogen-bond donors (Lipinski definition) is 0. The maximum absolute atomic E-state index is 10.2. The van der Waals surface area contributed by atoms with Crippen LogP contribution in [0, 0.1) is 0 Å². The first kappa shape index (κ1) is 8.69. The van der Waals surface area contributed by atoms with Crippen molar-refractivity contribution in [2.45, 2.75) is 0 Å². The standard InChI is InChI=1S/C11H9NO2/c13-6-7-14-11-3-1-2-9-8-12-5-4-10(9)11/h1-6,8H,7H2. The summed E-state index contributed by atoms with van der Waals surface area (Å²) in [7, 11) is 0. The molecule has 1 aromatic heterocycles. The van der Waals surface area contributed by atoms with Crippen molar-refractivity contribution in [2.75, 3.05) is 6.61 Å². The van der Waals surface area contributed by atoms with E-state index in [-0.39, 0.29) is 6.61 Å². The molecule has 2 rings (SSSR count). The highest BCUT2D eigenvalue weighted by Crippen LogP contribution is 2.23. The first-order valence-electron chi connectivity index (χ1n) is 4.31. The highest BCUT2D eigenvalue weighted by atomic mass is 16.5. The lowest BCUT2D eigenvalue weighted by molar-refractivity contribution is -0.109. The van der Waals surface area contributed by atoms with Gasteiger partial charge in [0.1, 0.15) is 12.4 Å². The fraction of sp³-hybridized carbons (Fsp3) is 0.0909. The molecule has 3 nitrogen and oxygen atoms in total. The van der Waals surface area contributed by atoms with Gasteiger partial charge in [0.25, 0.3) is 0 Å². The summed E-state index contributed by atoms with van der Waals surface area (Å²) in [6.45, 7) is 0.0848. The second kappa shape index (κ2) is 3.87. The normalized spacial score (nSPS) is 10.0.